The lowest BCUT2D eigenvalue weighted by atomic mass is 10.1. The third kappa shape index (κ3) is 3.19. The highest BCUT2D eigenvalue weighted by Gasteiger charge is 2.16. The van der Waals surface area contributed by atoms with E-state index in [-0.39, 0.29) is 5.97 Å². The molecule has 1 unspecified atom stereocenters. The highest BCUT2D eigenvalue weighted by molar-refractivity contribution is 5.90. The van der Waals surface area contributed by atoms with Crippen LogP contribution in [0, 0.1) is 5.92 Å². The van der Waals surface area contributed by atoms with Crippen molar-refractivity contribution < 1.29 is 9.53 Å². The third-order valence-corrected chi connectivity index (χ3v) is 3.10. The molecule has 4 nitrogen and oxygen atoms in total. The smallest absolute Gasteiger partial charge is 0.338 e. The van der Waals surface area contributed by atoms with Gasteiger partial charge in [0.2, 0.25) is 0 Å². The van der Waals surface area contributed by atoms with Crippen LogP contribution in [0.5, 0.6) is 0 Å². The lowest BCUT2D eigenvalue weighted by Gasteiger charge is -2.29. The number of carbonyl (C=O) groups excluding carboxylic acids is 1. The summed E-state index contributed by atoms with van der Waals surface area (Å²) in [6, 6.07) is 3.77. The van der Waals surface area contributed by atoms with Gasteiger partial charge < -0.3 is 9.64 Å². The molecule has 1 rings (SSSR count). The first-order valence-electron chi connectivity index (χ1n) is 5.74. The van der Waals surface area contributed by atoms with Gasteiger partial charge in [-0.25, -0.2) is 9.78 Å². The largest absolute Gasteiger partial charge is 0.465 e. The van der Waals surface area contributed by atoms with E-state index >= 15 is 0 Å². The highest BCUT2D eigenvalue weighted by atomic mass is 16.5. The molecule has 0 aliphatic carbocycles. The van der Waals surface area contributed by atoms with E-state index in [9.17, 15) is 4.79 Å². The molecule has 1 aromatic heterocycles. The highest BCUT2D eigenvalue weighted by Crippen LogP contribution is 2.18. The molecule has 0 spiro atoms. The molecule has 0 amide bonds. The maximum absolute atomic E-state index is 11.4. The van der Waals surface area contributed by atoms with Gasteiger partial charge in [-0.2, -0.15) is 0 Å². The molecule has 0 radical (unpaired) electrons. The van der Waals surface area contributed by atoms with Crippen LogP contribution < -0.4 is 4.90 Å². The van der Waals surface area contributed by atoms with Crippen molar-refractivity contribution in [3.05, 3.63) is 23.9 Å². The van der Waals surface area contributed by atoms with Crippen LogP contribution >= 0.6 is 0 Å². The van der Waals surface area contributed by atoms with E-state index in [1.54, 1.807) is 18.3 Å². The van der Waals surface area contributed by atoms with E-state index < -0.39 is 0 Å². The summed E-state index contributed by atoms with van der Waals surface area (Å²) in [5, 5.41) is 0. The van der Waals surface area contributed by atoms with Crippen LogP contribution in [0.1, 0.15) is 31.1 Å². The molecular weight excluding hydrogens is 216 g/mol. The van der Waals surface area contributed by atoms with Crippen molar-refractivity contribution in [2.24, 2.45) is 5.92 Å². The Bertz CT molecular complexity index is 391. The Morgan fingerprint density at radius 3 is 2.59 bits per heavy atom. The van der Waals surface area contributed by atoms with Gasteiger partial charge in [0.05, 0.1) is 12.7 Å². The predicted octanol–water partition coefficient (Wildman–Crippen LogP) is 2.35. The summed E-state index contributed by atoms with van der Waals surface area (Å²) in [4.78, 5) is 17.8. The van der Waals surface area contributed by atoms with Gasteiger partial charge in [0.1, 0.15) is 5.82 Å². The lowest BCUT2D eigenvalue weighted by molar-refractivity contribution is 0.0600. The van der Waals surface area contributed by atoms with Gasteiger partial charge in [-0.1, -0.05) is 13.8 Å². The molecule has 0 aliphatic heterocycles. The van der Waals surface area contributed by atoms with E-state index in [0.29, 0.717) is 17.5 Å². The Morgan fingerprint density at radius 2 is 2.06 bits per heavy atom. The van der Waals surface area contributed by atoms with E-state index in [1.807, 2.05) is 7.05 Å². The average molecular weight is 236 g/mol. The van der Waals surface area contributed by atoms with Crippen LogP contribution in [0.4, 0.5) is 5.82 Å². The summed E-state index contributed by atoms with van der Waals surface area (Å²) < 4.78 is 4.69. The first-order valence-corrected chi connectivity index (χ1v) is 5.74. The van der Waals surface area contributed by atoms with Crippen molar-refractivity contribution >= 4 is 11.8 Å². The Kier molecular flexibility index (Phi) is 4.49. The number of nitrogens with zero attached hydrogens (tertiary/aromatic N) is 2. The monoisotopic (exact) mass is 236 g/mol. The summed E-state index contributed by atoms with van der Waals surface area (Å²) in [6.45, 7) is 6.45. The summed E-state index contributed by atoms with van der Waals surface area (Å²) in [6.07, 6.45) is 1.63. The van der Waals surface area contributed by atoms with E-state index in [1.165, 1.54) is 7.11 Å². The zero-order valence-electron chi connectivity index (χ0n) is 11.1. The van der Waals surface area contributed by atoms with Crippen molar-refractivity contribution in [1.82, 2.24) is 4.98 Å². The van der Waals surface area contributed by atoms with Crippen molar-refractivity contribution in [3.8, 4) is 0 Å². The fraction of sp³-hybridized carbons (Fsp3) is 0.538. The molecule has 0 saturated heterocycles. The predicted molar refractivity (Wildman–Crippen MR) is 68.3 cm³/mol. The van der Waals surface area contributed by atoms with Gasteiger partial charge in [-0.15, -0.1) is 0 Å². The molecule has 0 bridgehead atoms. The number of pyridine rings is 1. The molecule has 0 aliphatic rings. The van der Waals surface area contributed by atoms with Crippen LogP contribution in [-0.2, 0) is 4.74 Å². The molecule has 4 heteroatoms. The van der Waals surface area contributed by atoms with Gasteiger partial charge in [0.15, 0.2) is 0 Å². The van der Waals surface area contributed by atoms with Gasteiger partial charge in [-0.05, 0) is 25.0 Å². The van der Waals surface area contributed by atoms with Gasteiger partial charge in [-0.3, -0.25) is 0 Å². The average Bonchev–Trinajstić information content (AvgIpc) is 2.36. The summed E-state index contributed by atoms with van der Waals surface area (Å²) in [5.74, 6) is 0.969. The topological polar surface area (TPSA) is 42.4 Å². The second kappa shape index (κ2) is 5.66. The quantitative estimate of drug-likeness (QED) is 0.753. The van der Waals surface area contributed by atoms with Crippen LogP contribution in [0.3, 0.4) is 0 Å². The number of anilines is 1. The van der Waals surface area contributed by atoms with Gasteiger partial charge >= 0.3 is 5.97 Å². The standard InChI is InChI=1S/C13H20N2O2/c1-9(2)10(3)15(4)12-8-11(6-7-14-12)13(16)17-5/h6-10H,1-5H3. The Morgan fingerprint density at radius 1 is 1.41 bits per heavy atom. The summed E-state index contributed by atoms with van der Waals surface area (Å²) in [5.41, 5.74) is 0.528. The molecule has 17 heavy (non-hydrogen) atoms. The van der Waals surface area contributed by atoms with E-state index in [0.717, 1.165) is 5.82 Å². The zero-order chi connectivity index (χ0) is 13.0. The minimum atomic E-state index is -0.334. The Hall–Kier alpha value is -1.58. The fourth-order valence-corrected chi connectivity index (χ4v) is 1.51. The van der Waals surface area contributed by atoms with Crippen LogP contribution in [0.15, 0.2) is 18.3 Å². The molecule has 94 valence electrons. The maximum atomic E-state index is 11.4. The number of methoxy groups -OCH3 is 1. The van der Waals surface area contributed by atoms with Crippen LogP contribution in [0.25, 0.3) is 0 Å². The van der Waals surface area contributed by atoms with Crippen molar-refractivity contribution in [3.63, 3.8) is 0 Å². The molecule has 0 aromatic carbocycles. The first-order chi connectivity index (χ1) is 7.97. The molecular formula is C13H20N2O2. The third-order valence-electron chi connectivity index (χ3n) is 3.10. The number of ether oxygens (including phenoxy) is 1. The molecule has 1 heterocycles. The van der Waals surface area contributed by atoms with E-state index in [4.69, 9.17) is 4.74 Å². The molecule has 0 fully saturated rings. The van der Waals surface area contributed by atoms with Crippen molar-refractivity contribution in [1.29, 1.82) is 0 Å². The van der Waals surface area contributed by atoms with Gasteiger partial charge in [0, 0.05) is 19.3 Å². The maximum Gasteiger partial charge on any atom is 0.338 e. The van der Waals surface area contributed by atoms with Crippen LogP contribution in [0.2, 0.25) is 0 Å². The number of hydrogen-bond acceptors (Lipinski definition) is 4. The molecule has 1 aromatic rings. The first kappa shape index (κ1) is 13.5. The minimum Gasteiger partial charge on any atom is -0.465 e. The lowest BCUT2D eigenvalue weighted by Crippen LogP contribution is -2.33. The number of aromatic nitrogens is 1. The number of rotatable bonds is 4. The van der Waals surface area contributed by atoms with Crippen LogP contribution in [-0.4, -0.2) is 31.2 Å². The molecule has 1 atom stereocenters. The second-order valence-electron chi connectivity index (χ2n) is 4.49. The molecule has 0 N–H and O–H groups in total. The minimum absolute atomic E-state index is 0.334. The van der Waals surface area contributed by atoms with Crippen molar-refractivity contribution in [2.75, 3.05) is 19.1 Å². The number of carbonyl (C=O) groups is 1. The Labute approximate surface area is 103 Å². The zero-order valence-corrected chi connectivity index (χ0v) is 11.1. The summed E-state index contributed by atoms with van der Waals surface area (Å²) >= 11 is 0. The van der Waals surface area contributed by atoms with Gasteiger partial charge in [0.25, 0.3) is 0 Å². The SMILES string of the molecule is COC(=O)c1ccnc(N(C)C(C)C(C)C)c1. The van der Waals surface area contributed by atoms with E-state index in [2.05, 4.69) is 30.7 Å². The normalized spacial score (nSPS) is 12.4. The number of esters is 1. The van der Waals surface area contributed by atoms with Crippen molar-refractivity contribution in [2.45, 2.75) is 26.8 Å². The fourth-order valence-electron chi connectivity index (χ4n) is 1.51. The summed E-state index contributed by atoms with van der Waals surface area (Å²) in [7, 11) is 3.36. The molecule has 0 saturated carbocycles. The Balaban J connectivity index is 2.95. The number of hydrogen-bond donors (Lipinski definition) is 0. The second-order valence-corrected chi connectivity index (χ2v) is 4.49.